The Kier molecular flexibility index (Phi) is 9.50. The summed E-state index contributed by atoms with van der Waals surface area (Å²) in [6.07, 6.45) is 2.72. The standard InChI is InChI=1S/C27H38N4O6S/c1-8-12-35-20-14-21(36-13-10-9-11-29(4)5)16-22(15-20)37-26-18-25-24(30(6)27(32)31(25)7)17-23(26)28-38(33,34)19(2)3/h14-18,28H,2,8-13H2,1,3-7H3. The maximum atomic E-state index is 12.7. The molecule has 0 aliphatic rings. The number of ether oxygens (including phenoxy) is 3. The van der Waals surface area contributed by atoms with Gasteiger partial charge in [-0.15, -0.1) is 0 Å². The van der Waals surface area contributed by atoms with Gasteiger partial charge in [0, 0.05) is 38.4 Å². The fourth-order valence-corrected chi connectivity index (χ4v) is 4.38. The molecule has 0 atom stereocenters. The molecular formula is C27H38N4O6S. The van der Waals surface area contributed by atoms with E-state index in [4.69, 9.17) is 14.2 Å². The normalized spacial score (nSPS) is 11.7. The minimum Gasteiger partial charge on any atom is -0.493 e. The molecular weight excluding hydrogens is 508 g/mol. The average molecular weight is 547 g/mol. The van der Waals surface area contributed by atoms with Gasteiger partial charge >= 0.3 is 5.69 Å². The molecule has 2 aromatic carbocycles. The summed E-state index contributed by atoms with van der Waals surface area (Å²) in [5.74, 6) is 1.77. The Morgan fingerprint density at radius 3 is 2.11 bits per heavy atom. The van der Waals surface area contributed by atoms with E-state index in [0.29, 0.717) is 41.5 Å². The number of sulfonamides is 1. The Morgan fingerprint density at radius 1 is 0.947 bits per heavy atom. The highest BCUT2D eigenvalue weighted by atomic mass is 32.2. The number of aromatic nitrogens is 2. The molecule has 1 heterocycles. The van der Waals surface area contributed by atoms with Crippen molar-refractivity contribution in [2.45, 2.75) is 33.1 Å². The van der Waals surface area contributed by atoms with Crippen molar-refractivity contribution in [3.63, 3.8) is 0 Å². The number of nitrogens with one attached hydrogen (secondary N) is 1. The second-order valence-corrected chi connectivity index (χ2v) is 11.4. The molecule has 0 saturated carbocycles. The number of unbranched alkanes of at least 4 members (excludes halogenated alkanes) is 1. The summed E-state index contributed by atoms with van der Waals surface area (Å²) >= 11 is 0. The minimum atomic E-state index is -3.87. The third kappa shape index (κ3) is 7.11. The molecule has 0 amide bonds. The topological polar surface area (TPSA) is 104 Å². The number of imidazole rings is 1. The van der Waals surface area contributed by atoms with Crippen LogP contribution >= 0.6 is 0 Å². The number of hydrogen-bond acceptors (Lipinski definition) is 7. The molecule has 1 aromatic heterocycles. The third-order valence-electron chi connectivity index (χ3n) is 5.90. The van der Waals surface area contributed by atoms with Crippen LogP contribution in [0, 0.1) is 0 Å². The lowest BCUT2D eigenvalue weighted by Crippen LogP contribution is -2.19. The van der Waals surface area contributed by atoms with Gasteiger partial charge in [-0.1, -0.05) is 13.5 Å². The molecule has 0 fully saturated rings. The van der Waals surface area contributed by atoms with Gasteiger partial charge in [0.25, 0.3) is 10.0 Å². The first-order chi connectivity index (χ1) is 17.9. The number of rotatable bonds is 14. The number of aryl methyl sites for hydroxylation is 2. The number of allylic oxidation sites excluding steroid dienone is 1. The van der Waals surface area contributed by atoms with Gasteiger partial charge in [0.05, 0.1) is 34.8 Å². The first-order valence-corrected chi connectivity index (χ1v) is 14.0. The fourth-order valence-electron chi connectivity index (χ4n) is 3.76. The summed E-state index contributed by atoms with van der Waals surface area (Å²) in [4.78, 5) is 14.6. The van der Waals surface area contributed by atoms with Crippen molar-refractivity contribution >= 4 is 26.7 Å². The molecule has 208 valence electrons. The highest BCUT2D eigenvalue weighted by Gasteiger charge is 2.20. The molecule has 0 unspecified atom stereocenters. The van der Waals surface area contributed by atoms with E-state index >= 15 is 0 Å². The quantitative estimate of drug-likeness (QED) is 0.298. The molecule has 38 heavy (non-hydrogen) atoms. The molecule has 1 N–H and O–H groups in total. The van der Waals surface area contributed by atoms with Crippen molar-refractivity contribution in [1.82, 2.24) is 14.0 Å². The van der Waals surface area contributed by atoms with Crippen LogP contribution in [-0.2, 0) is 24.1 Å². The highest BCUT2D eigenvalue weighted by Crippen LogP contribution is 2.37. The van der Waals surface area contributed by atoms with E-state index in [9.17, 15) is 13.2 Å². The summed E-state index contributed by atoms with van der Waals surface area (Å²) in [7, 11) is 3.47. The Balaban J connectivity index is 2.00. The summed E-state index contributed by atoms with van der Waals surface area (Å²) in [6, 6.07) is 8.47. The lowest BCUT2D eigenvalue weighted by Gasteiger charge is -2.16. The van der Waals surface area contributed by atoms with Crippen LogP contribution < -0.4 is 24.6 Å². The molecule has 0 aliphatic carbocycles. The van der Waals surface area contributed by atoms with Gasteiger partial charge in [-0.2, -0.15) is 0 Å². The largest absolute Gasteiger partial charge is 0.493 e. The summed E-state index contributed by atoms with van der Waals surface area (Å²) in [5, 5.41) is 0. The van der Waals surface area contributed by atoms with Gasteiger partial charge in [0.15, 0.2) is 5.75 Å². The van der Waals surface area contributed by atoms with Crippen molar-refractivity contribution in [3.05, 3.63) is 52.3 Å². The number of fused-ring (bicyclic) bond motifs is 1. The van der Waals surface area contributed by atoms with Gasteiger partial charge in [0.1, 0.15) is 17.2 Å². The fraction of sp³-hybridized carbons (Fsp3) is 0.444. The summed E-state index contributed by atoms with van der Waals surface area (Å²) in [6.45, 7) is 9.00. The van der Waals surface area contributed by atoms with Crippen LogP contribution in [0.5, 0.6) is 23.0 Å². The Morgan fingerprint density at radius 2 is 1.53 bits per heavy atom. The van der Waals surface area contributed by atoms with E-state index in [-0.39, 0.29) is 22.0 Å². The van der Waals surface area contributed by atoms with Crippen LogP contribution in [0.1, 0.15) is 33.1 Å². The lowest BCUT2D eigenvalue weighted by atomic mass is 10.2. The van der Waals surface area contributed by atoms with Crippen LogP contribution in [-0.4, -0.2) is 56.3 Å². The van der Waals surface area contributed by atoms with Crippen molar-refractivity contribution in [1.29, 1.82) is 0 Å². The van der Waals surface area contributed by atoms with E-state index in [1.807, 2.05) is 27.1 Å². The van der Waals surface area contributed by atoms with Gasteiger partial charge in [-0.25, -0.2) is 13.2 Å². The number of hydrogen-bond donors (Lipinski definition) is 1. The van der Waals surface area contributed by atoms with Gasteiger partial charge in [-0.05, 0) is 52.9 Å². The average Bonchev–Trinajstić information content (AvgIpc) is 3.05. The predicted octanol–water partition coefficient (Wildman–Crippen LogP) is 4.45. The lowest BCUT2D eigenvalue weighted by molar-refractivity contribution is 0.285. The van der Waals surface area contributed by atoms with E-state index < -0.39 is 10.0 Å². The summed E-state index contributed by atoms with van der Waals surface area (Å²) in [5.41, 5.74) is 1.06. The Bertz CT molecular complexity index is 1460. The zero-order valence-electron chi connectivity index (χ0n) is 23.0. The first kappa shape index (κ1) is 29.1. The number of benzene rings is 2. The van der Waals surface area contributed by atoms with Gasteiger partial charge in [0.2, 0.25) is 0 Å². The van der Waals surface area contributed by atoms with E-state index in [2.05, 4.69) is 16.2 Å². The second kappa shape index (κ2) is 12.4. The highest BCUT2D eigenvalue weighted by molar-refractivity contribution is 7.96. The van der Waals surface area contributed by atoms with Gasteiger partial charge < -0.3 is 19.1 Å². The Labute approximate surface area is 224 Å². The monoisotopic (exact) mass is 546 g/mol. The molecule has 0 spiro atoms. The molecule has 0 aliphatic heterocycles. The Hall–Kier alpha value is -3.44. The molecule has 3 aromatic rings. The molecule has 0 saturated heterocycles. The van der Waals surface area contributed by atoms with E-state index in [0.717, 1.165) is 25.8 Å². The molecule has 0 bridgehead atoms. The van der Waals surface area contributed by atoms with Crippen molar-refractivity contribution in [2.24, 2.45) is 14.1 Å². The van der Waals surface area contributed by atoms with Crippen LogP contribution in [0.25, 0.3) is 11.0 Å². The molecule has 11 heteroatoms. The van der Waals surface area contributed by atoms with Crippen molar-refractivity contribution in [3.8, 4) is 23.0 Å². The van der Waals surface area contributed by atoms with E-state index in [1.54, 1.807) is 38.4 Å². The summed E-state index contributed by atoms with van der Waals surface area (Å²) < 4.78 is 48.8. The van der Waals surface area contributed by atoms with Crippen LogP contribution in [0.15, 0.2) is 46.6 Å². The maximum absolute atomic E-state index is 12.7. The van der Waals surface area contributed by atoms with Crippen molar-refractivity contribution in [2.75, 3.05) is 38.6 Å². The molecule has 10 nitrogen and oxygen atoms in total. The van der Waals surface area contributed by atoms with Crippen LogP contribution in [0.2, 0.25) is 0 Å². The molecule has 3 rings (SSSR count). The van der Waals surface area contributed by atoms with Crippen molar-refractivity contribution < 1.29 is 22.6 Å². The predicted molar refractivity (Wildman–Crippen MR) is 151 cm³/mol. The smallest absolute Gasteiger partial charge is 0.328 e. The second-order valence-electron chi connectivity index (χ2n) is 9.49. The van der Waals surface area contributed by atoms with Crippen LogP contribution in [0.4, 0.5) is 5.69 Å². The SMILES string of the molecule is C=C(C)S(=O)(=O)Nc1cc2c(cc1Oc1cc(OCCC)cc(OCCCCN(C)C)c1)n(C)c(=O)n2C. The third-order valence-corrected chi connectivity index (χ3v) is 7.31. The number of nitrogens with zero attached hydrogens (tertiary/aromatic N) is 3. The maximum Gasteiger partial charge on any atom is 0.328 e. The van der Waals surface area contributed by atoms with Gasteiger partial charge in [-0.3, -0.25) is 13.9 Å². The zero-order valence-corrected chi connectivity index (χ0v) is 23.9. The van der Waals surface area contributed by atoms with Crippen LogP contribution in [0.3, 0.4) is 0 Å². The zero-order chi connectivity index (χ0) is 28.0. The minimum absolute atomic E-state index is 0.0505. The van der Waals surface area contributed by atoms with E-state index in [1.165, 1.54) is 16.1 Å². The molecule has 0 radical (unpaired) electrons. The number of anilines is 1. The first-order valence-electron chi connectivity index (χ1n) is 12.5.